The predicted molar refractivity (Wildman–Crippen MR) is 146 cm³/mol. The summed E-state index contributed by atoms with van der Waals surface area (Å²) in [6, 6.07) is 7.96. The molecule has 0 fully saturated rings. The SMILES string of the molecule is COc1cc(Nc2nc3c(C4=CCN(C(=O)OC(C)(C)C)CC4)cc(C)cn3n2)ccc1-n1cnc(C)c1. The number of pyridine rings is 1. The average molecular weight is 516 g/mol. The minimum absolute atomic E-state index is 0.291. The number of rotatable bonds is 5. The first-order chi connectivity index (χ1) is 18.1. The van der Waals surface area contributed by atoms with Crippen LogP contribution in [0.25, 0.3) is 16.9 Å². The summed E-state index contributed by atoms with van der Waals surface area (Å²) in [4.78, 5) is 23.3. The van der Waals surface area contributed by atoms with Crippen molar-refractivity contribution in [2.75, 3.05) is 25.5 Å². The monoisotopic (exact) mass is 515 g/mol. The van der Waals surface area contributed by atoms with Crippen LogP contribution in [-0.2, 0) is 4.74 Å². The summed E-state index contributed by atoms with van der Waals surface area (Å²) in [6.45, 7) is 10.7. The fourth-order valence-corrected chi connectivity index (χ4v) is 4.47. The number of imidazole rings is 1. The van der Waals surface area contributed by atoms with Crippen molar-refractivity contribution in [3.05, 3.63) is 65.9 Å². The number of carbonyl (C=O) groups is 1. The summed E-state index contributed by atoms with van der Waals surface area (Å²) in [5, 5.41) is 7.98. The fraction of sp³-hybridized carbons (Fsp3) is 0.357. The minimum Gasteiger partial charge on any atom is -0.494 e. The maximum atomic E-state index is 12.5. The molecule has 198 valence electrons. The van der Waals surface area contributed by atoms with Crippen LogP contribution in [0.4, 0.5) is 16.4 Å². The molecule has 10 heteroatoms. The molecule has 0 aliphatic carbocycles. The van der Waals surface area contributed by atoms with Gasteiger partial charge in [0.05, 0.1) is 24.8 Å². The lowest BCUT2D eigenvalue weighted by Gasteiger charge is -2.29. The van der Waals surface area contributed by atoms with Crippen molar-refractivity contribution < 1.29 is 14.3 Å². The Morgan fingerprint density at radius 1 is 1.13 bits per heavy atom. The molecule has 1 amide bonds. The van der Waals surface area contributed by atoms with Crippen molar-refractivity contribution in [2.24, 2.45) is 0 Å². The van der Waals surface area contributed by atoms with E-state index in [1.54, 1.807) is 22.9 Å². The van der Waals surface area contributed by atoms with Crippen LogP contribution in [0.15, 0.2) is 49.1 Å². The third-order valence-electron chi connectivity index (χ3n) is 6.20. The maximum Gasteiger partial charge on any atom is 0.410 e. The van der Waals surface area contributed by atoms with Gasteiger partial charge in [-0.05, 0) is 70.4 Å². The maximum absolute atomic E-state index is 12.5. The lowest BCUT2D eigenvalue weighted by Crippen LogP contribution is -2.39. The zero-order valence-electron chi connectivity index (χ0n) is 22.6. The molecule has 4 aromatic rings. The van der Waals surface area contributed by atoms with Crippen molar-refractivity contribution in [2.45, 2.75) is 46.6 Å². The number of amides is 1. The van der Waals surface area contributed by atoms with Crippen LogP contribution in [0.5, 0.6) is 5.75 Å². The van der Waals surface area contributed by atoms with Gasteiger partial charge in [0.2, 0.25) is 5.95 Å². The molecule has 4 heterocycles. The van der Waals surface area contributed by atoms with Crippen molar-refractivity contribution >= 4 is 28.9 Å². The molecule has 38 heavy (non-hydrogen) atoms. The largest absolute Gasteiger partial charge is 0.494 e. The van der Waals surface area contributed by atoms with Crippen LogP contribution in [0.2, 0.25) is 0 Å². The van der Waals surface area contributed by atoms with E-state index < -0.39 is 5.60 Å². The van der Waals surface area contributed by atoms with Crippen LogP contribution in [0, 0.1) is 13.8 Å². The lowest BCUT2D eigenvalue weighted by atomic mass is 9.99. The Bertz CT molecular complexity index is 1530. The zero-order chi connectivity index (χ0) is 27.0. The number of aryl methyl sites for hydroxylation is 2. The number of hydrogen-bond donors (Lipinski definition) is 1. The second-order valence-corrected chi connectivity index (χ2v) is 10.5. The van der Waals surface area contributed by atoms with Gasteiger partial charge in [0.1, 0.15) is 11.4 Å². The first-order valence-corrected chi connectivity index (χ1v) is 12.6. The Morgan fingerprint density at radius 3 is 2.61 bits per heavy atom. The van der Waals surface area contributed by atoms with Crippen molar-refractivity contribution in [3.8, 4) is 11.4 Å². The molecule has 5 rings (SSSR count). The van der Waals surface area contributed by atoms with Gasteiger partial charge in [0.15, 0.2) is 5.65 Å². The molecule has 0 radical (unpaired) electrons. The number of benzene rings is 1. The number of carbonyl (C=O) groups excluding carboxylic acids is 1. The van der Waals surface area contributed by atoms with E-state index in [1.807, 2.05) is 69.8 Å². The summed E-state index contributed by atoms with van der Waals surface area (Å²) >= 11 is 0. The predicted octanol–water partition coefficient (Wildman–Crippen LogP) is 5.31. The number of hydrogen-bond acceptors (Lipinski definition) is 7. The van der Waals surface area contributed by atoms with E-state index in [0.717, 1.165) is 39.4 Å². The summed E-state index contributed by atoms with van der Waals surface area (Å²) in [7, 11) is 1.65. The Morgan fingerprint density at radius 2 is 1.95 bits per heavy atom. The van der Waals surface area contributed by atoms with Gasteiger partial charge in [-0.1, -0.05) is 6.08 Å². The van der Waals surface area contributed by atoms with Gasteiger partial charge in [0.25, 0.3) is 0 Å². The molecule has 1 N–H and O–H groups in total. The van der Waals surface area contributed by atoms with Gasteiger partial charge in [0, 0.05) is 42.8 Å². The number of ether oxygens (including phenoxy) is 2. The number of nitrogens with one attached hydrogen (secondary N) is 1. The van der Waals surface area contributed by atoms with Gasteiger partial charge in [-0.25, -0.2) is 14.3 Å². The van der Waals surface area contributed by atoms with Gasteiger partial charge < -0.3 is 24.3 Å². The van der Waals surface area contributed by atoms with E-state index >= 15 is 0 Å². The van der Waals surface area contributed by atoms with Crippen LogP contribution in [-0.4, -0.2) is 60.9 Å². The molecule has 0 bridgehead atoms. The zero-order valence-corrected chi connectivity index (χ0v) is 22.6. The molecule has 0 spiro atoms. The van der Waals surface area contributed by atoms with Crippen molar-refractivity contribution in [1.82, 2.24) is 29.0 Å². The molecule has 1 aromatic carbocycles. The number of fused-ring (bicyclic) bond motifs is 1. The highest BCUT2D eigenvalue weighted by atomic mass is 16.6. The quantitative estimate of drug-likeness (QED) is 0.385. The molecule has 1 aliphatic heterocycles. The third-order valence-corrected chi connectivity index (χ3v) is 6.20. The van der Waals surface area contributed by atoms with E-state index in [0.29, 0.717) is 31.2 Å². The van der Waals surface area contributed by atoms with Crippen molar-refractivity contribution in [1.29, 1.82) is 0 Å². The second-order valence-electron chi connectivity index (χ2n) is 10.5. The molecule has 0 saturated carbocycles. The van der Waals surface area contributed by atoms with Crippen LogP contribution in [0.1, 0.15) is 44.0 Å². The highest BCUT2D eigenvalue weighted by Gasteiger charge is 2.25. The average Bonchev–Trinajstić information content (AvgIpc) is 3.48. The smallest absolute Gasteiger partial charge is 0.410 e. The van der Waals surface area contributed by atoms with Gasteiger partial charge in [-0.15, -0.1) is 5.10 Å². The van der Waals surface area contributed by atoms with Gasteiger partial charge in [-0.3, -0.25) is 0 Å². The van der Waals surface area contributed by atoms with E-state index in [-0.39, 0.29) is 6.09 Å². The molecule has 0 unspecified atom stereocenters. The molecule has 1 aliphatic rings. The molecule has 0 atom stereocenters. The first kappa shape index (κ1) is 25.3. The number of aromatic nitrogens is 5. The van der Waals surface area contributed by atoms with E-state index in [2.05, 4.69) is 27.5 Å². The topological polar surface area (TPSA) is 98.8 Å². The number of nitrogens with zero attached hydrogens (tertiary/aromatic N) is 6. The van der Waals surface area contributed by atoms with Crippen LogP contribution < -0.4 is 10.1 Å². The highest BCUT2D eigenvalue weighted by Crippen LogP contribution is 2.30. The number of anilines is 2. The highest BCUT2D eigenvalue weighted by molar-refractivity contribution is 5.79. The standard InChI is InChI=1S/C28H33N7O3/c1-18-13-22(20-9-11-33(12-10-20)27(36)38-28(3,4)5)25-31-26(32-35(25)15-18)30-21-7-8-23(24(14-21)37-6)34-16-19(2)29-17-34/h7-9,13-17H,10-12H2,1-6H3,(H,30,32). The second kappa shape index (κ2) is 9.85. The van der Waals surface area contributed by atoms with E-state index in [4.69, 9.17) is 14.5 Å². The molecule has 10 nitrogen and oxygen atoms in total. The summed E-state index contributed by atoms with van der Waals surface area (Å²) in [6.07, 6.45) is 8.16. The van der Waals surface area contributed by atoms with E-state index in [1.165, 1.54) is 0 Å². The Labute approximate surface area is 221 Å². The molecule has 0 saturated heterocycles. The van der Waals surface area contributed by atoms with Gasteiger partial charge in [-0.2, -0.15) is 4.98 Å². The number of methoxy groups -OCH3 is 1. The molecular weight excluding hydrogens is 482 g/mol. The van der Waals surface area contributed by atoms with E-state index in [9.17, 15) is 4.79 Å². The lowest BCUT2D eigenvalue weighted by molar-refractivity contribution is 0.0270. The summed E-state index contributed by atoms with van der Waals surface area (Å²) in [5.74, 6) is 1.19. The Balaban J connectivity index is 1.39. The Kier molecular flexibility index (Phi) is 6.56. The third kappa shape index (κ3) is 5.34. The van der Waals surface area contributed by atoms with Crippen LogP contribution >= 0.6 is 0 Å². The first-order valence-electron chi connectivity index (χ1n) is 12.6. The fourth-order valence-electron chi connectivity index (χ4n) is 4.47. The molecular formula is C28H33N7O3. The van der Waals surface area contributed by atoms with Gasteiger partial charge >= 0.3 is 6.09 Å². The summed E-state index contributed by atoms with van der Waals surface area (Å²) < 4.78 is 14.9. The minimum atomic E-state index is -0.516. The normalized spacial score (nSPS) is 13.9. The Hall–Kier alpha value is -4.34. The van der Waals surface area contributed by atoms with Crippen molar-refractivity contribution in [3.63, 3.8) is 0 Å². The van der Waals surface area contributed by atoms with Crippen LogP contribution in [0.3, 0.4) is 0 Å². The molecule has 3 aromatic heterocycles. The summed E-state index contributed by atoms with van der Waals surface area (Å²) in [5.41, 5.74) is 6.09.